The van der Waals surface area contributed by atoms with E-state index in [0.29, 0.717) is 19.0 Å². The lowest BCUT2D eigenvalue weighted by Gasteiger charge is -2.17. The van der Waals surface area contributed by atoms with Crippen molar-refractivity contribution in [2.75, 3.05) is 6.61 Å². The normalized spacial score (nSPS) is 18.0. The number of ether oxygens (including phenoxy) is 1. The zero-order chi connectivity index (χ0) is 15.4. The van der Waals surface area contributed by atoms with Gasteiger partial charge in [0.05, 0.1) is 13.2 Å². The molecule has 0 bridgehead atoms. The zero-order valence-electron chi connectivity index (χ0n) is 13.0. The number of Topliss-reactive ketones (excluding diaryl/α,β-unsaturated/α-hetero) is 1. The maximum Gasteiger partial charge on any atom is 0.145 e. The molecule has 0 saturated carbocycles. The van der Waals surface area contributed by atoms with E-state index in [-0.39, 0.29) is 11.8 Å². The van der Waals surface area contributed by atoms with Crippen molar-refractivity contribution in [1.82, 2.24) is 0 Å². The van der Waals surface area contributed by atoms with Crippen molar-refractivity contribution in [3.8, 4) is 0 Å². The van der Waals surface area contributed by atoms with Crippen LogP contribution in [0.2, 0.25) is 0 Å². The molecule has 22 heavy (non-hydrogen) atoms. The van der Waals surface area contributed by atoms with E-state index < -0.39 is 0 Å². The molecular formula is C20H22O2. The van der Waals surface area contributed by atoms with E-state index in [9.17, 15) is 4.79 Å². The van der Waals surface area contributed by atoms with Gasteiger partial charge in [0, 0.05) is 11.8 Å². The lowest BCUT2D eigenvalue weighted by molar-refractivity contribution is -0.125. The van der Waals surface area contributed by atoms with Crippen LogP contribution in [-0.4, -0.2) is 12.4 Å². The van der Waals surface area contributed by atoms with Crippen molar-refractivity contribution in [2.24, 2.45) is 5.92 Å². The summed E-state index contributed by atoms with van der Waals surface area (Å²) in [6.45, 7) is 3.04. The molecule has 0 spiro atoms. The number of benzene rings is 2. The summed E-state index contributed by atoms with van der Waals surface area (Å²) >= 11 is 0. The van der Waals surface area contributed by atoms with Crippen molar-refractivity contribution in [2.45, 2.75) is 32.3 Å². The minimum absolute atomic E-state index is 0.0557. The van der Waals surface area contributed by atoms with Gasteiger partial charge in [-0.1, -0.05) is 61.5 Å². The summed E-state index contributed by atoms with van der Waals surface area (Å²) < 4.78 is 5.73. The summed E-state index contributed by atoms with van der Waals surface area (Å²) in [5, 5.41) is 0. The molecule has 0 saturated heterocycles. The Morgan fingerprint density at radius 1 is 1.14 bits per heavy atom. The van der Waals surface area contributed by atoms with Crippen LogP contribution in [0, 0.1) is 5.92 Å². The Balaban J connectivity index is 1.54. The van der Waals surface area contributed by atoms with Gasteiger partial charge in [-0.3, -0.25) is 4.79 Å². The minimum Gasteiger partial charge on any atom is -0.376 e. The minimum atomic E-state index is -0.0557. The van der Waals surface area contributed by atoms with Gasteiger partial charge in [0.1, 0.15) is 5.78 Å². The molecule has 0 fully saturated rings. The standard InChI is InChI=1S/C20H22O2/c1-15(13-22-14-16-7-3-2-4-8-16)20(21)19-12-11-17-9-5-6-10-18(17)19/h2-10,15,19H,11-14H2,1H3. The third kappa shape index (κ3) is 3.28. The van der Waals surface area contributed by atoms with Gasteiger partial charge in [0.15, 0.2) is 0 Å². The highest BCUT2D eigenvalue weighted by molar-refractivity contribution is 5.88. The van der Waals surface area contributed by atoms with Gasteiger partial charge >= 0.3 is 0 Å². The molecule has 0 radical (unpaired) electrons. The highest BCUT2D eigenvalue weighted by atomic mass is 16.5. The van der Waals surface area contributed by atoms with E-state index in [1.54, 1.807) is 0 Å². The average Bonchev–Trinajstić information content (AvgIpc) is 2.99. The number of fused-ring (bicyclic) bond motifs is 1. The molecule has 2 aromatic rings. The number of carbonyl (C=O) groups excluding carboxylic acids is 1. The summed E-state index contributed by atoms with van der Waals surface area (Å²) in [5.74, 6) is 0.324. The van der Waals surface area contributed by atoms with E-state index in [4.69, 9.17) is 4.74 Å². The van der Waals surface area contributed by atoms with Gasteiger partial charge < -0.3 is 4.74 Å². The van der Waals surface area contributed by atoms with Gasteiger partial charge in [0.2, 0.25) is 0 Å². The Morgan fingerprint density at radius 2 is 1.86 bits per heavy atom. The number of rotatable bonds is 6. The van der Waals surface area contributed by atoms with Crippen molar-refractivity contribution in [1.29, 1.82) is 0 Å². The molecule has 2 heteroatoms. The van der Waals surface area contributed by atoms with Crippen LogP contribution in [0.4, 0.5) is 0 Å². The van der Waals surface area contributed by atoms with Crippen molar-refractivity contribution in [3.05, 3.63) is 71.3 Å². The SMILES string of the molecule is CC(COCc1ccccc1)C(=O)C1CCc2ccccc21. The van der Waals surface area contributed by atoms with Crippen LogP contribution in [0.3, 0.4) is 0 Å². The molecule has 2 aromatic carbocycles. The van der Waals surface area contributed by atoms with E-state index in [1.807, 2.05) is 43.3 Å². The van der Waals surface area contributed by atoms with Crippen molar-refractivity contribution < 1.29 is 9.53 Å². The molecule has 1 aliphatic rings. The van der Waals surface area contributed by atoms with Crippen LogP contribution in [0.15, 0.2) is 54.6 Å². The van der Waals surface area contributed by atoms with Gasteiger partial charge in [-0.15, -0.1) is 0 Å². The Morgan fingerprint density at radius 3 is 2.68 bits per heavy atom. The maximum absolute atomic E-state index is 12.7. The number of hydrogen-bond acceptors (Lipinski definition) is 2. The Bertz CT molecular complexity index is 633. The van der Waals surface area contributed by atoms with Crippen LogP contribution in [0.5, 0.6) is 0 Å². The highest BCUT2D eigenvalue weighted by Crippen LogP contribution is 2.35. The van der Waals surface area contributed by atoms with Crippen LogP contribution >= 0.6 is 0 Å². The second kappa shape index (κ2) is 6.89. The van der Waals surface area contributed by atoms with Gasteiger partial charge in [-0.2, -0.15) is 0 Å². The van der Waals surface area contributed by atoms with E-state index in [0.717, 1.165) is 18.4 Å². The zero-order valence-corrected chi connectivity index (χ0v) is 13.0. The molecular weight excluding hydrogens is 272 g/mol. The van der Waals surface area contributed by atoms with Gasteiger partial charge in [0.25, 0.3) is 0 Å². The summed E-state index contributed by atoms with van der Waals surface area (Å²) in [5.41, 5.74) is 3.70. The first-order chi connectivity index (χ1) is 10.8. The topological polar surface area (TPSA) is 26.3 Å². The summed E-state index contributed by atoms with van der Waals surface area (Å²) in [7, 11) is 0. The predicted octanol–water partition coefficient (Wildman–Crippen LogP) is 4.14. The van der Waals surface area contributed by atoms with Crippen LogP contribution < -0.4 is 0 Å². The first-order valence-electron chi connectivity index (χ1n) is 7.99. The van der Waals surface area contributed by atoms with Gasteiger partial charge in [-0.05, 0) is 29.5 Å². The smallest absolute Gasteiger partial charge is 0.145 e. The Kier molecular flexibility index (Phi) is 4.69. The van der Waals surface area contributed by atoms with Gasteiger partial charge in [-0.25, -0.2) is 0 Å². The lowest BCUT2D eigenvalue weighted by Crippen LogP contribution is -2.22. The second-order valence-corrected chi connectivity index (χ2v) is 6.09. The Hall–Kier alpha value is -1.93. The summed E-state index contributed by atoms with van der Waals surface area (Å²) in [6.07, 6.45) is 1.96. The van der Waals surface area contributed by atoms with E-state index in [1.165, 1.54) is 11.1 Å². The maximum atomic E-state index is 12.7. The molecule has 3 rings (SSSR count). The monoisotopic (exact) mass is 294 g/mol. The number of hydrogen-bond donors (Lipinski definition) is 0. The van der Waals surface area contributed by atoms with E-state index in [2.05, 4.69) is 18.2 Å². The fourth-order valence-corrected chi connectivity index (χ4v) is 3.21. The molecule has 0 aliphatic heterocycles. The largest absolute Gasteiger partial charge is 0.376 e. The second-order valence-electron chi connectivity index (χ2n) is 6.09. The van der Waals surface area contributed by atoms with Crippen molar-refractivity contribution in [3.63, 3.8) is 0 Å². The third-order valence-electron chi connectivity index (χ3n) is 4.44. The third-order valence-corrected chi connectivity index (χ3v) is 4.44. The van der Waals surface area contributed by atoms with Crippen LogP contribution in [0.1, 0.15) is 36.0 Å². The lowest BCUT2D eigenvalue weighted by atomic mass is 9.90. The number of aryl methyl sites for hydroxylation is 1. The molecule has 2 nitrogen and oxygen atoms in total. The number of ketones is 1. The van der Waals surface area contributed by atoms with E-state index >= 15 is 0 Å². The summed E-state index contributed by atoms with van der Waals surface area (Å²) in [4.78, 5) is 12.7. The first kappa shape index (κ1) is 15.0. The molecule has 0 N–H and O–H groups in total. The fourth-order valence-electron chi connectivity index (χ4n) is 3.21. The highest BCUT2D eigenvalue weighted by Gasteiger charge is 2.30. The molecule has 0 aromatic heterocycles. The van der Waals surface area contributed by atoms with Crippen molar-refractivity contribution >= 4 is 5.78 Å². The molecule has 0 amide bonds. The Labute approximate surface area is 132 Å². The molecule has 114 valence electrons. The predicted molar refractivity (Wildman–Crippen MR) is 87.8 cm³/mol. The molecule has 2 unspecified atom stereocenters. The fraction of sp³-hybridized carbons (Fsp3) is 0.350. The van der Waals surface area contributed by atoms with Crippen LogP contribution in [-0.2, 0) is 22.6 Å². The summed E-state index contributed by atoms with van der Waals surface area (Å²) in [6, 6.07) is 18.4. The molecule has 2 atom stereocenters. The molecule has 1 aliphatic carbocycles. The number of carbonyl (C=O) groups is 1. The first-order valence-corrected chi connectivity index (χ1v) is 7.99. The van der Waals surface area contributed by atoms with Crippen LogP contribution in [0.25, 0.3) is 0 Å². The average molecular weight is 294 g/mol. The quantitative estimate of drug-likeness (QED) is 0.800. The molecule has 0 heterocycles.